The zero-order valence-corrected chi connectivity index (χ0v) is 14.1. The molecule has 1 fully saturated rings. The number of aryl methyl sites for hydroxylation is 1. The summed E-state index contributed by atoms with van der Waals surface area (Å²) in [6.07, 6.45) is 5.66. The molecule has 0 unspecified atom stereocenters. The maximum Gasteiger partial charge on any atom is 0.208 e. The second kappa shape index (κ2) is 7.08. The van der Waals surface area contributed by atoms with Gasteiger partial charge in [0, 0.05) is 36.8 Å². The Kier molecular flexibility index (Phi) is 4.91. The Morgan fingerprint density at radius 3 is 2.70 bits per heavy atom. The van der Waals surface area contributed by atoms with Crippen LogP contribution in [0.3, 0.4) is 0 Å². The summed E-state index contributed by atoms with van der Waals surface area (Å²) in [7, 11) is 0. The van der Waals surface area contributed by atoms with E-state index in [1.807, 2.05) is 19.2 Å². The van der Waals surface area contributed by atoms with Crippen molar-refractivity contribution in [2.45, 2.75) is 52.1 Å². The van der Waals surface area contributed by atoms with E-state index in [9.17, 15) is 0 Å². The molecular weight excluding hydrogens is 290 g/mol. The van der Waals surface area contributed by atoms with Gasteiger partial charge in [0.1, 0.15) is 17.9 Å². The van der Waals surface area contributed by atoms with Crippen LogP contribution in [0.15, 0.2) is 23.0 Å². The van der Waals surface area contributed by atoms with Crippen molar-refractivity contribution in [3.63, 3.8) is 0 Å². The molecule has 1 aliphatic rings. The summed E-state index contributed by atoms with van der Waals surface area (Å²) >= 11 is 0. The van der Waals surface area contributed by atoms with Crippen molar-refractivity contribution < 1.29 is 4.42 Å². The van der Waals surface area contributed by atoms with Crippen LogP contribution in [0.5, 0.6) is 0 Å². The summed E-state index contributed by atoms with van der Waals surface area (Å²) in [5.74, 6) is 3.11. The number of hydrogen-bond acceptors (Lipinski definition) is 6. The first-order valence-corrected chi connectivity index (χ1v) is 8.32. The maximum atomic E-state index is 5.80. The van der Waals surface area contributed by atoms with Gasteiger partial charge in [0.05, 0.1) is 12.7 Å². The molecule has 0 bridgehead atoms. The normalized spacial score (nSPS) is 16.9. The minimum absolute atomic E-state index is 0.391. The van der Waals surface area contributed by atoms with Crippen LogP contribution in [-0.2, 0) is 6.54 Å². The SMILES string of the molecule is Cc1cc(NC2CCN(Cc3ncc(C(C)C)o3)CC2)ncn1. The van der Waals surface area contributed by atoms with Crippen molar-refractivity contribution in [3.05, 3.63) is 35.9 Å². The van der Waals surface area contributed by atoms with Crippen LogP contribution in [0.4, 0.5) is 5.82 Å². The van der Waals surface area contributed by atoms with Crippen molar-refractivity contribution in [2.75, 3.05) is 18.4 Å². The molecule has 2 aromatic heterocycles. The molecule has 23 heavy (non-hydrogen) atoms. The molecular formula is C17H25N5O. The van der Waals surface area contributed by atoms with Gasteiger partial charge < -0.3 is 9.73 Å². The van der Waals surface area contributed by atoms with E-state index in [-0.39, 0.29) is 0 Å². The van der Waals surface area contributed by atoms with Crippen LogP contribution >= 0.6 is 0 Å². The van der Waals surface area contributed by atoms with E-state index in [0.29, 0.717) is 12.0 Å². The largest absolute Gasteiger partial charge is 0.444 e. The minimum Gasteiger partial charge on any atom is -0.444 e. The van der Waals surface area contributed by atoms with Crippen molar-refractivity contribution in [3.8, 4) is 0 Å². The first-order valence-electron chi connectivity index (χ1n) is 8.32. The highest BCUT2D eigenvalue weighted by Gasteiger charge is 2.21. The zero-order valence-electron chi connectivity index (χ0n) is 14.1. The van der Waals surface area contributed by atoms with E-state index >= 15 is 0 Å². The van der Waals surface area contributed by atoms with Gasteiger partial charge in [-0.25, -0.2) is 15.0 Å². The Morgan fingerprint density at radius 1 is 1.26 bits per heavy atom. The van der Waals surface area contributed by atoms with Crippen LogP contribution in [0, 0.1) is 6.92 Å². The molecule has 3 rings (SSSR count). The standard InChI is InChI=1S/C17H25N5O/c1-12(2)15-9-18-17(23-15)10-22-6-4-14(5-7-22)21-16-8-13(3)19-11-20-16/h8-9,11-12,14H,4-7,10H2,1-3H3,(H,19,20,21). The molecule has 2 aromatic rings. The minimum atomic E-state index is 0.391. The lowest BCUT2D eigenvalue weighted by atomic mass is 10.1. The van der Waals surface area contributed by atoms with E-state index in [1.165, 1.54) is 0 Å². The van der Waals surface area contributed by atoms with Crippen molar-refractivity contribution in [1.82, 2.24) is 19.9 Å². The second-order valence-corrected chi connectivity index (χ2v) is 6.55. The van der Waals surface area contributed by atoms with E-state index < -0.39 is 0 Å². The Hall–Kier alpha value is -1.95. The fourth-order valence-electron chi connectivity index (χ4n) is 2.83. The van der Waals surface area contributed by atoms with E-state index in [4.69, 9.17) is 4.42 Å². The predicted octanol–water partition coefficient (Wildman–Crippen LogP) is 2.97. The summed E-state index contributed by atoms with van der Waals surface area (Å²) < 4.78 is 5.80. The maximum absolute atomic E-state index is 5.80. The Balaban J connectivity index is 1.48. The number of likely N-dealkylation sites (tertiary alicyclic amines) is 1. The number of aromatic nitrogens is 3. The summed E-state index contributed by atoms with van der Waals surface area (Å²) in [5, 5.41) is 3.51. The first kappa shape index (κ1) is 15.9. The Bertz CT molecular complexity index is 631. The quantitative estimate of drug-likeness (QED) is 0.915. The highest BCUT2D eigenvalue weighted by atomic mass is 16.4. The molecule has 3 heterocycles. The lowest BCUT2D eigenvalue weighted by Crippen LogP contribution is -2.38. The number of oxazole rings is 1. The second-order valence-electron chi connectivity index (χ2n) is 6.55. The molecule has 0 aromatic carbocycles. The third-order valence-electron chi connectivity index (χ3n) is 4.24. The smallest absolute Gasteiger partial charge is 0.208 e. The fraction of sp³-hybridized carbons (Fsp3) is 0.588. The van der Waals surface area contributed by atoms with Crippen molar-refractivity contribution in [2.24, 2.45) is 0 Å². The number of piperidine rings is 1. The predicted molar refractivity (Wildman–Crippen MR) is 89.3 cm³/mol. The highest BCUT2D eigenvalue weighted by Crippen LogP contribution is 2.19. The zero-order chi connectivity index (χ0) is 16.2. The number of hydrogen-bond donors (Lipinski definition) is 1. The van der Waals surface area contributed by atoms with Gasteiger partial charge in [0.2, 0.25) is 5.89 Å². The number of anilines is 1. The number of rotatable bonds is 5. The monoisotopic (exact) mass is 315 g/mol. The molecule has 6 heteroatoms. The van der Waals surface area contributed by atoms with Crippen LogP contribution in [-0.4, -0.2) is 39.0 Å². The average molecular weight is 315 g/mol. The molecule has 0 aliphatic carbocycles. The van der Waals surface area contributed by atoms with Crippen molar-refractivity contribution >= 4 is 5.82 Å². The fourth-order valence-corrected chi connectivity index (χ4v) is 2.83. The average Bonchev–Trinajstić information content (AvgIpc) is 2.98. The van der Waals surface area contributed by atoms with Gasteiger partial charge in [-0.05, 0) is 19.8 Å². The molecule has 124 valence electrons. The summed E-state index contributed by atoms with van der Waals surface area (Å²) in [5.41, 5.74) is 0.991. The first-order chi connectivity index (χ1) is 11.1. The van der Waals surface area contributed by atoms with Gasteiger partial charge in [0.25, 0.3) is 0 Å². The molecule has 0 atom stereocenters. The molecule has 0 radical (unpaired) electrons. The van der Waals surface area contributed by atoms with Gasteiger partial charge in [0.15, 0.2) is 0 Å². The molecule has 0 spiro atoms. The lowest BCUT2D eigenvalue weighted by molar-refractivity contribution is 0.191. The van der Waals surface area contributed by atoms with E-state index in [2.05, 4.69) is 39.0 Å². The topological polar surface area (TPSA) is 67.1 Å². The molecule has 0 saturated carbocycles. The van der Waals surface area contributed by atoms with Gasteiger partial charge in [-0.1, -0.05) is 13.8 Å². The molecule has 1 N–H and O–H groups in total. The molecule has 6 nitrogen and oxygen atoms in total. The van der Waals surface area contributed by atoms with E-state index in [0.717, 1.165) is 55.6 Å². The van der Waals surface area contributed by atoms with Gasteiger partial charge in [-0.3, -0.25) is 4.90 Å². The summed E-state index contributed by atoms with van der Waals surface area (Å²) in [6.45, 7) is 9.11. The third kappa shape index (κ3) is 4.28. The number of nitrogens with one attached hydrogen (secondary N) is 1. The van der Waals surface area contributed by atoms with Crippen LogP contribution < -0.4 is 5.32 Å². The van der Waals surface area contributed by atoms with Crippen LogP contribution in [0.1, 0.15) is 50.0 Å². The van der Waals surface area contributed by atoms with Gasteiger partial charge >= 0.3 is 0 Å². The number of nitrogens with zero attached hydrogens (tertiary/aromatic N) is 4. The molecule has 1 aliphatic heterocycles. The lowest BCUT2D eigenvalue weighted by Gasteiger charge is -2.31. The molecule has 1 saturated heterocycles. The summed E-state index contributed by atoms with van der Waals surface area (Å²) in [4.78, 5) is 15.2. The Morgan fingerprint density at radius 2 is 2.04 bits per heavy atom. The highest BCUT2D eigenvalue weighted by molar-refractivity contribution is 5.35. The van der Waals surface area contributed by atoms with E-state index in [1.54, 1.807) is 6.33 Å². The Labute approximate surface area is 137 Å². The molecule has 0 amide bonds. The van der Waals surface area contributed by atoms with Crippen LogP contribution in [0.2, 0.25) is 0 Å². The summed E-state index contributed by atoms with van der Waals surface area (Å²) in [6, 6.07) is 2.46. The van der Waals surface area contributed by atoms with Gasteiger partial charge in [-0.15, -0.1) is 0 Å². The van der Waals surface area contributed by atoms with Crippen molar-refractivity contribution in [1.29, 1.82) is 0 Å². The van der Waals surface area contributed by atoms with Crippen LogP contribution in [0.25, 0.3) is 0 Å². The third-order valence-corrected chi connectivity index (χ3v) is 4.24. The van der Waals surface area contributed by atoms with Gasteiger partial charge in [-0.2, -0.15) is 0 Å².